The summed E-state index contributed by atoms with van der Waals surface area (Å²) in [5, 5.41) is 47.7. The van der Waals surface area contributed by atoms with Crippen LogP contribution in [0, 0.1) is 0 Å². The first-order chi connectivity index (χ1) is 10.0. The van der Waals surface area contributed by atoms with Crippen molar-refractivity contribution >= 4 is 17.9 Å². The van der Waals surface area contributed by atoms with E-state index in [1.807, 2.05) is 0 Å². The largest absolute Gasteiger partial charge is 0.481 e. The average molecular weight is 329 g/mol. The van der Waals surface area contributed by atoms with E-state index >= 15 is 0 Å². The van der Waals surface area contributed by atoms with E-state index in [2.05, 4.69) is 0 Å². The third-order valence-corrected chi connectivity index (χ3v) is 1.25. The molecule has 0 aliphatic rings. The molecule has 10 heteroatoms. The Kier molecular flexibility index (Phi) is 31.4. The molecule has 0 aliphatic carbocycles. The molecule has 0 saturated carbocycles. The highest BCUT2D eigenvalue weighted by molar-refractivity contribution is 5.63. The Morgan fingerprint density at radius 1 is 0.636 bits per heavy atom. The number of nitrogens with zero attached hydrogens (tertiary/aromatic N) is 1. The number of hydrogen-bond donors (Lipinski definition) is 6. The van der Waals surface area contributed by atoms with Gasteiger partial charge in [-0.2, -0.15) is 0 Å². The molecule has 0 aromatic rings. The molecule has 0 unspecified atom stereocenters. The van der Waals surface area contributed by atoms with Crippen LogP contribution in [-0.4, -0.2) is 92.9 Å². The van der Waals surface area contributed by atoms with Gasteiger partial charge in [0.05, 0.1) is 19.8 Å². The summed E-state index contributed by atoms with van der Waals surface area (Å²) in [5.74, 6) is -2.50. The second-order valence-electron chi connectivity index (χ2n) is 3.57. The van der Waals surface area contributed by atoms with E-state index in [0.717, 1.165) is 20.8 Å². The minimum atomic E-state index is -0.833. The number of carboxylic acid groups (broad SMARTS) is 3. The van der Waals surface area contributed by atoms with Crippen LogP contribution in [0.25, 0.3) is 0 Å². The lowest BCUT2D eigenvalue weighted by atomic mass is 10.4. The van der Waals surface area contributed by atoms with Gasteiger partial charge in [0, 0.05) is 40.4 Å². The number of aliphatic hydroxyl groups excluding tert-OH is 3. The third-order valence-electron chi connectivity index (χ3n) is 1.25. The summed E-state index contributed by atoms with van der Waals surface area (Å²) in [4.78, 5) is 28.8. The molecule has 0 bridgehead atoms. The Morgan fingerprint density at radius 2 is 0.773 bits per heavy atom. The molecule has 0 saturated heterocycles. The molecular weight excluding hydrogens is 302 g/mol. The lowest BCUT2D eigenvalue weighted by molar-refractivity contribution is -0.135. The van der Waals surface area contributed by atoms with Gasteiger partial charge in [0.15, 0.2) is 0 Å². The van der Waals surface area contributed by atoms with Gasteiger partial charge in [0.2, 0.25) is 0 Å². The molecule has 0 aromatic heterocycles. The first kappa shape index (κ1) is 28.4. The van der Waals surface area contributed by atoms with Crippen molar-refractivity contribution in [3.8, 4) is 0 Å². The highest BCUT2D eigenvalue weighted by Crippen LogP contribution is 1.84. The van der Waals surface area contributed by atoms with Crippen LogP contribution in [0.15, 0.2) is 0 Å². The van der Waals surface area contributed by atoms with Crippen molar-refractivity contribution < 1.29 is 45.0 Å². The van der Waals surface area contributed by atoms with E-state index in [1.165, 1.54) is 0 Å². The molecule has 0 spiro atoms. The van der Waals surface area contributed by atoms with Crippen LogP contribution in [0.5, 0.6) is 0 Å². The molecule has 0 radical (unpaired) electrons. The van der Waals surface area contributed by atoms with Crippen LogP contribution in [0.4, 0.5) is 0 Å². The summed E-state index contributed by atoms with van der Waals surface area (Å²) in [5.41, 5.74) is 0. The highest BCUT2D eigenvalue weighted by atomic mass is 16.4. The Labute approximate surface area is 129 Å². The summed E-state index contributed by atoms with van der Waals surface area (Å²) in [6.07, 6.45) is 0. The molecule has 0 rings (SSSR count). The molecule has 0 amide bonds. The second kappa shape index (κ2) is 24.3. The van der Waals surface area contributed by atoms with Crippen molar-refractivity contribution in [1.82, 2.24) is 4.90 Å². The van der Waals surface area contributed by atoms with E-state index in [-0.39, 0.29) is 19.8 Å². The topological polar surface area (TPSA) is 176 Å². The van der Waals surface area contributed by atoms with E-state index < -0.39 is 17.9 Å². The smallest absolute Gasteiger partial charge is 0.300 e. The Hall–Kier alpha value is -1.75. The maximum absolute atomic E-state index is 9.00. The van der Waals surface area contributed by atoms with E-state index in [0.29, 0.717) is 19.6 Å². The number of carbonyl (C=O) groups is 3. The first-order valence-corrected chi connectivity index (χ1v) is 6.18. The fourth-order valence-electron chi connectivity index (χ4n) is 0.760. The third kappa shape index (κ3) is 103. The molecule has 0 heterocycles. The van der Waals surface area contributed by atoms with Gasteiger partial charge in [0.25, 0.3) is 17.9 Å². The standard InChI is InChI=1S/C6H15NO3.3C2H4O2/c8-4-1-7(2-5-9)3-6-10;3*1-2(3)4/h8-10H,1-6H2;3*1H3,(H,3,4). The fraction of sp³-hybridized carbons (Fsp3) is 0.750. The number of aliphatic hydroxyl groups is 3. The molecular formula is C12H27NO9. The summed E-state index contributed by atoms with van der Waals surface area (Å²) in [7, 11) is 0. The van der Waals surface area contributed by atoms with Crippen LogP contribution in [0.3, 0.4) is 0 Å². The quantitative estimate of drug-likeness (QED) is 0.337. The zero-order valence-corrected chi connectivity index (χ0v) is 13.1. The van der Waals surface area contributed by atoms with Gasteiger partial charge >= 0.3 is 0 Å². The minimum absolute atomic E-state index is 0.0694. The minimum Gasteiger partial charge on any atom is -0.481 e. The van der Waals surface area contributed by atoms with E-state index in [1.54, 1.807) is 4.90 Å². The SMILES string of the molecule is CC(=O)O.CC(=O)O.CC(=O)O.OCCN(CCO)CCO. The van der Waals surface area contributed by atoms with Gasteiger partial charge in [-0.05, 0) is 0 Å². The lowest BCUT2D eigenvalue weighted by Gasteiger charge is -2.17. The summed E-state index contributed by atoms with van der Waals surface area (Å²) in [6.45, 7) is 5.00. The summed E-state index contributed by atoms with van der Waals surface area (Å²) in [6, 6.07) is 0. The second-order valence-corrected chi connectivity index (χ2v) is 3.57. The maximum atomic E-state index is 9.00. The first-order valence-electron chi connectivity index (χ1n) is 6.18. The van der Waals surface area contributed by atoms with E-state index in [9.17, 15) is 0 Å². The Morgan fingerprint density at radius 3 is 0.864 bits per heavy atom. The summed E-state index contributed by atoms with van der Waals surface area (Å²) >= 11 is 0. The predicted octanol–water partition coefficient (Wildman–Crippen LogP) is -1.46. The lowest BCUT2D eigenvalue weighted by Crippen LogP contribution is -2.32. The van der Waals surface area contributed by atoms with Gasteiger partial charge in [-0.25, -0.2) is 0 Å². The van der Waals surface area contributed by atoms with Crippen molar-refractivity contribution in [1.29, 1.82) is 0 Å². The molecule has 0 aliphatic heterocycles. The number of hydrogen-bond acceptors (Lipinski definition) is 7. The van der Waals surface area contributed by atoms with Crippen molar-refractivity contribution in [3.63, 3.8) is 0 Å². The van der Waals surface area contributed by atoms with Crippen molar-refractivity contribution in [2.75, 3.05) is 39.5 Å². The monoisotopic (exact) mass is 329 g/mol. The molecule has 0 fully saturated rings. The van der Waals surface area contributed by atoms with Gasteiger partial charge in [-0.15, -0.1) is 0 Å². The van der Waals surface area contributed by atoms with Crippen molar-refractivity contribution in [3.05, 3.63) is 0 Å². The van der Waals surface area contributed by atoms with Gasteiger partial charge in [0.1, 0.15) is 0 Å². The zero-order valence-electron chi connectivity index (χ0n) is 13.1. The molecule has 0 atom stereocenters. The van der Waals surface area contributed by atoms with Crippen LogP contribution in [-0.2, 0) is 14.4 Å². The Bertz CT molecular complexity index is 217. The normalized spacial score (nSPS) is 8.32. The predicted molar refractivity (Wildman–Crippen MR) is 77.6 cm³/mol. The molecule has 10 nitrogen and oxygen atoms in total. The van der Waals surface area contributed by atoms with Crippen LogP contribution in [0.1, 0.15) is 20.8 Å². The molecule has 0 aromatic carbocycles. The summed E-state index contributed by atoms with van der Waals surface area (Å²) < 4.78 is 0. The number of aliphatic carboxylic acids is 3. The van der Waals surface area contributed by atoms with Crippen LogP contribution in [0.2, 0.25) is 0 Å². The average Bonchev–Trinajstić information content (AvgIpc) is 2.27. The van der Waals surface area contributed by atoms with E-state index in [4.69, 9.17) is 45.0 Å². The van der Waals surface area contributed by atoms with Crippen LogP contribution >= 0.6 is 0 Å². The maximum Gasteiger partial charge on any atom is 0.300 e. The van der Waals surface area contributed by atoms with Gasteiger partial charge < -0.3 is 30.6 Å². The highest BCUT2D eigenvalue weighted by Gasteiger charge is 2.00. The van der Waals surface area contributed by atoms with Crippen LogP contribution < -0.4 is 0 Å². The molecule has 134 valence electrons. The van der Waals surface area contributed by atoms with Crippen molar-refractivity contribution in [2.24, 2.45) is 0 Å². The van der Waals surface area contributed by atoms with Gasteiger partial charge in [-0.3, -0.25) is 19.3 Å². The van der Waals surface area contributed by atoms with Gasteiger partial charge in [-0.1, -0.05) is 0 Å². The fourth-order valence-corrected chi connectivity index (χ4v) is 0.760. The molecule has 6 N–H and O–H groups in total. The zero-order chi connectivity index (χ0) is 18.6. The number of carboxylic acids is 3. The van der Waals surface area contributed by atoms with Crippen molar-refractivity contribution in [2.45, 2.75) is 20.8 Å². The molecule has 22 heavy (non-hydrogen) atoms. The Balaban J connectivity index is -0.000000112. The number of rotatable bonds is 6.